The zero-order valence-electron chi connectivity index (χ0n) is 11.6. The number of aliphatic carboxylic acids is 1. The minimum absolute atomic E-state index is 0.218. The Morgan fingerprint density at radius 2 is 1.87 bits per heavy atom. The van der Waals surface area contributed by atoms with Crippen LogP contribution in [0.5, 0.6) is 17.2 Å². The number of carbonyl (C=O) groups is 1. The first-order valence-electron chi connectivity index (χ1n) is 6.41. The monoisotopic (exact) mass is 651 g/mol. The van der Waals surface area contributed by atoms with Crippen LogP contribution in [0.2, 0.25) is 0 Å². The number of phenols is 1. The van der Waals surface area contributed by atoms with Gasteiger partial charge in [-0.2, -0.15) is 0 Å². The van der Waals surface area contributed by atoms with E-state index >= 15 is 0 Å². The highest BCUT2D eigenvalue weighted by Gasteiger charge is 2.15. The van der Waals surface area contributed by atoms with Gasteiger partial charge in [0.25, 0.3) is 0 Å². The molecule has 2 aromatic carbocycles. The van der Waals surface area contributed by atoms with Gasteiger partial charge in [0, 0.05) is 3.57 Å². The highest BCUT2D eigenvalue weighted by molar-refractivity contribution is 14.1. The van der Waals surface area contributed by atoms with Gasteiger partial charge in [-0.05, 0) is 104 Å². The lowest BCUT2D eigenvalue weighted by Gasteiger charge is -2.13. The minimum atomic E-state index is -1.02. The zero-order chi connectivity index (χ0) is 17.1. The van der Waals surface area contributed by atoms with Crippen molar-refractivity contribution in [1.82, 2.24) is 0 Å². The van der Waals surface area contributed by atoms with E-state index in [1.807, 2.05) is 12.1 Å². The van der Waals surface area contributed by atoms with Gasteiger partial charge in [-0.1, -0.05) is 6.07 Å². The Hall–Kier alpha value is -0.340. The average Bonchev–Trinajstić information content (AvgIpc) is 2.50. The van der Waals surface area contributed by atoms with Crippen molar-refractivity contribution in [2.24, 2.45) is 5.73 Å². The van der Waals surface area contributed by atoms with Crippen LogP contribution in [0, 0.1) is 10.7 Å². The highest BCUT2D eigenvalue weighted by atomic mass is 127. The first-order chi connectivity index (χ1) is 10.8. The van der Waals surface area contributed by atoms with Crippen LogP contribution >= 0.6 is 67.8 Å². The summed E-state index contributed by atoms with van der Waals surface area (Å²) in [6.07, 6.45) is 0.266. The molecule has 0 spiro atoms. The van der Waals surface area contributed by atoms with Gasteiger partial charge in [0.15, 0.2) is 0 Å². The van der Waals surface area contributed by atoms with Gasteiger partial charge >= 0.3 is 5.97 Å². The van der Waals surface area contributed by atoms with Crippen molar-refractivity contribution < 1.29 is 19.7 Å². The van der Waals surface area contributed by atoms with Crippen LogP contribution < -0.4 is 10.5 Å². The number of halogens is 3. The second-order valence-corrected chi connectivity index (χ2v) is 8.03. The lowest BCUT2D eigenvalue weighted by atomic mass is 10.1. The molecule has 23 heavy (non-hydrogen) atoms. The Labute approximate surface area is 174 Å². The van der Waals surface area contributed by atoms with Gasteiger partial charge in [0.1, 0.15) is 23.3 Å². The lowest BCUT2D eigenvalue weighted by Crippen LogP contribution is -2.32. The minimum Gasteiger partial charge on any atom is -0.507 e. The van der Waals surface area contributed by atoms with Crippen molar-refractivity contribution in [3.05, 3.63) is 46.6 Å². The Morgan fingerprint density at radius 3 is 2.48 bits per heavy atom. The number of phenolic OH excluding ortho intramolecular Hbond substituents is 1. The van der Waals surface area contributed by atoms with Crippen molar-refractivity contribution in [1.29, 1.82) is 0 Å². The molecular formula is C15H12I3NO4. The van der Waals surface area contributed by atoms with Crippen LogP contribution in [0.4, 0.5) is 0 Å². The van der Waals surface area contributed by atoms with Gasteiger partial charge in [-0.3, -0.25) is 4.79 Å². The van der Waals surface area contributed by atoms with E-state index in [1.165, 1.54) is 0 Å². The average molecular weight is 651 g/mol. The van der Waals surface area contributed by atoms with Crippen LogP contribution in [0.1, 0.15) is 5.56 Å². The molecule has 0 aliphatic heterocycles. The molecule has 0 unspecified atom stereocenters. The fourth-order valence-corrected chi connectivity index (χ4v) is 3.53. The van der Waals surface area contributed by atoms with E-state index in [-0.39, 0.29) is 12.2 Å². The Balaban J connectivity index is 2.21. The molecule has 2 aromatic rings. The van der Waals surface area contributed by atoms with Gasteiger partial charge in [0.05, 0.1) is 7.14 Å². The summed E-state index contributed by atoms with van der Waals surface area (Å²) >= 11 is 6.31. The standard InChI is InChI=1S/C15H12I3NO4/c16-9-6-8(2-1-7(9)5-10(19)15(21)22)23-12-4-3-11(20)13(17)14(12)18/h1-4,6,10,20H,5,19H2,(H,21,22)/t10-/m0/s1. The molecular weight excluding hydrogens is 639 g/mol. The molecule has 122 valence electrons. The number of hydrogen-bond donors (Lipinski definition) is 3. The van der Waals surface area contributed by atoms with Crippen molar-refractivity contribution in [3.8, 4) is 17.2 Å². The van der Waals surface area contributed by atoms with Gasteiger partial charge in [0.2, 0.25) is 0 Å². The third kappa shape index (κ3) is 4.82. The second-order valence-electron chi connectivity index (χ2n) is 4.71. The molecule has 0 saturated carbocycles. The maximum atomic E-state index is 10.8. The molecule has 0 aliphatic rings. The lowest BCUT2D eigenvalue weighted by molar-refractivity contribution is -0.138. The van der Waals surface area contributed by atoms with E-state index in [2.05, 4.69) is 67.8 Å². The first-order valence-corrected chi connectivity index (χ1v) is 9.65. The van der Waals surface area contributed by atoms with Crippen LogP contribution in [0.25, 0.3) is 0 Å². The fraction of sp³-hybridized carbons (Fsp3) is 0.133. The number of carboxylic acid groups (broad SMARTS) is 1. The van der Waals surface area contributed by atoms with Crippen molar-refractivity contribution in [3.63, 3.8) is 0 Å². The Morgan fingerprint density at radius 1 is 1.17 bits per heavy atom. The third-order valence-corrected chi connectivity index (χ3v) is 7.24. The summed E-state index contributed by atoms with van der Waals surface area (Å²) in [4.78, 5) is 10.8. The summed E-state index contributed by atoms with van der Waals surface area (Å²) in [5.74, 6) is 0.490. The Kier molecular flexibility index (Phi) is 6.74. The number of ether oxygens (including phenoxy) is 1. The van der Waals surface area contributed by atoms with Crippen LogP contribution in [0.3, 0.4) is 0 Å². The van der Waals surface area contributed by atoms with E-state index in [1.54, 1.807) is 18.2 Å². The number of nitrogens with two attached hydrogens (primary N) is 1. The van der Waals surface area contributed by atoms with E-state index in [0.717, 1.165) is 16.3 Å². The van der Waals surface area contributed by atoms with E-state index in [0.29, 0.717) is 11.5 Å². The predicted molar refractivity (Wildman–Crippen MR) is 112 cm³/mol. The van der Waals surface area contributed by atoms with E-state index in [4.69, 9.17) is 15.6 Å². The highest BCUT2D eigenvalue weighted by Crippen LogP contribution is 2.35. The molecule has 0 aromatic heterocycles. The zero-order valence-corrected chi connectivity index (χ0v) is 18.1. The van der Waals surface area contributed by atoms with Gasteiger partial charge < -0.3 is 20.7 Å². The summed E-state index contributed by atoms with van der Waals surface area (Å²) in [7, 11) is 0. The van der Waals surface area contributed by atoms with Crippen LogP contribution in [-0.4, -0.2) is 22.2 Å². The molecule has 0 bridgehead atoms. The summed E-state index contributed by atoms with van der Waals surface area (Å²) < 4.78 is 8.31. The molecule has 0 radical (unpaired) electrons. The largest absolute Gasteiger partial charge is 0.507 e. The number of aromatic hydroxyl groups is 1. The second kappa shape index (κ2) is 8.16. The van der Waals surface area contributed by atoms with E-state index < -0.39 is 12.0 Å². The number of carboxylic acids is 1. The van der Waals surface area contributed by atoms with Crippen LogP contribution in [-0.2, 0) is 11.2 Å². The van der Waals surface area contributed by atoms with Crippen molar-refractivity contribution in [2.45, 2.75) is 12.5 Å². The molecule has 2 rings (SSSR count). The summed E-state index contributed by atoms with van der Waals surface area (Å²) in [6.45, 7) is 0. The summed E-state index contributed by atoms with van der Waals surface area (Å²) in [5, 5.41) is 18.6. The van der Waals surface area contributed by atoms with Crippen molar-refractivity contribution >= 4 is 73.7 Å². The maximum Gasteiger partial charge on any atom is 0.320 e. The summed E-state index contributed by atoms with van der Waals surface area (Å²) in [6, 6.07) is 7.81. The molecule has 0 fully saturated rings. The smallest absolute Gasteiger partial charge is 0.320 e. The molecule has 1 atom stereocenters. The molecule has 0 heterocycles. The van der Waals surface area contributed by atoms with E-state index in [9.17, 15) is 9.90 Å². The predicted octanol–water partition coefficient (Wildman–Crippen LogP) is 3.95. The number of benzene rings is 2. The van der Waals surface area contributed by atoms with Crippen molar-refractivity contribution in [2.75, 3.05) is 0 Å². The topological polar surface area (TPSA) is 92.8 Å². The van der Waals surface area contributed by atoms with Gasteiger partial charge in [-0.25, -0.2) is 0 Å². The fourth-order valence-electron chi connectivity index (χ4n) is 1.81. The molecule has 0 aliphatic carbocycles. The molecule has 5 nitrogen and oxygen atoms in total. The van der Waals surface area contributed by atoms with Gasteiger partial charge in [-0.15, -0.1) is 0 Å². The van der Waals surface area contributed by atoms with Crippen LogP contribution in [0.15, 0.2) is 30.3 Å². The number of hydrogen-bond acceptors (Lipinski definition) is 4. The quantitative estimate of drug-likeness (QED) is 0.427. The third-order valence-electron chi connectivity index (χ3n) is 3.04. The first kappa shape index (κ1) is 19.0. The normalized spacial score (nSPS) is 12.0. The maximum absolute atomic E-state index is 10.8. The molecule has 8 heteroatoms. The molecule has 4 N–H and O–H groups in total. The summed E-state index contributed by atoms with van der Waals surface area (Å²) in [5.41, 5.74) is 6.43. The molecule has 0 amide bonds. The number of rotatable bonds is 5. The SMILES string of the molecule is N[C@@H](Cc1ccc(Oc2ccc(O)c(I)c2I)cc1I)C(=O)O. The molecule has 0 saturated heterocycles. The Bertz CT molecular complexity index is 752.